The average molecular weight is 294 g/mol. The van der Waals surface area contributed by atoms with E-state index in [4.69, 9.17) is 4.74 Å². The van der Waals surface area contributed by atoms with E-state index in [-0.39, 0.29) is 5.91 Å². The maximum absolute atomic E-state index is 12.6. The number of quaternary nitrogens is 1. The highest BCUT2D eigenvalue weighted by atomic mass is 16.5. The minimum absolute atomic E-state index is 0.0948. The van der Waals surface area contributed by atoms with Crippen LogP contribution in [0.2, 0.25) is 0 Å². The molecule has 0 aliphatic carbocycles. The van der Waals surface area contributed by atoms with Gasteiger partial charge in [0.2, 0.25) is 5.91 Å². The van der Waals surface area contributed by atoms with E-state index >= 15 is 0 Å². The van der Waals surface area contributed by atoms with Crippen LogP contribution in [0.25, 0.3) is 0 Å². The van der Waals surface area contributed by atoms with Crippen LogP contribution in [0.4, 0.5) is 0 Å². The summed E-state index contributed by atoms with van der Waals surface area (Å²) in [6, 6.07) is 0. The summed E-state index contributed by atoms with van der Waals surface area (Å²) in [6.45, 7) is 8.28. The highest BCUT2D eigenvalue weighted by molar-refractivity contribution is 5.90. The Kier molecular flexibility index (Phi) is 3.53. The van der Waals surface area contributed by atoms with Crippen LogP contribution >= 0.6 is 0 Å². The molecule has 21 heavy (non-hydrogen) atoms. The molecule has 3 aliphatic heterocycles. The van der Waals surface area contributed by atoms with Crippen molar-refractivity contribution in [2.45, 2.75) is 25.6 Å². The number of likely N-dealkylation sites (N-methyl/N-ethyl adjacent to an activating group) is 1. The van der Waals surface area contributed by atoms with Gasteiger partial charge in [0.25, 0.3) is 0 Å². The number of hydrogen-bond donors (Lipinski definition) is 1. The zero-order valence-electron chi connectivity index (χ0n) is 12.5. The number of carbonyl (C=O) groups is 2. The van der Waals surface area contributed by atoms with E-state index in [2.05, 4.69) is 13.8 Å². The highest BCUT2D eigenvalue weighted by Gasteiger charge is 2.65. The maximum Gasteiger partial charge on any atom is 0.230 e. The molecule has 2 fully saturated rings. The molecule has 3 heterocycles. The fourth-order valence-corrected chi connectivity index (χ4v) is 3.93. The number of rotatable bonds is 6. The number of likely N-dealkylation sites (tertiary alicyclic amines) is 1. The van der Waals surface area contributed by atoms with Crippen molar-refractivity contribution in [3.8, 4) is 0 Å². The molecule has 1 amide bonds. The summed E-state index contributed by atoms with van der Waals surface area (Å²) in [4.78, 5) is 27.1. The Labute approximate surface area is 124 Å². The second kappa shape index (κ2) is 5.10. The minimum atomic E-state index is -1.18. The van der Waals surface area contributed by atoms with Gasteiger partial charge in [-0.25, -0.2) is 0 Å². The molecule has 6 heteroatoms. The first kappa shape index (κ1) is 14.5. The van der Waals surface area contributed by atoms with Crippen molar-refractivity contribution < 1.29 is 24.3 Å². The molecule has 0 radical (unpaired) electrons. The van der Waals surface area contributed by atoms with Gasteiger partial charge in [0.15, 0.2) is 0 Å². The van der Waals surface area contributed by atoms with Crippen molar-refractivity contribution in [3.63, 3.8) is 0 Å². The minimum Gasteiger partial charge on any atom is -0.550 e. The van der Waals surface area contributed by atoms with Crippen molar-refractivity contribution >= 4 is 11.9 Å². The van der Waals surface area contributed by atoms with Gasteiger partial charge < -0.3 is 24.4 Å². The number of carbonyl (C=O) groups excluding carboxylic acids is 2. The lowest BCUT2D eigenvalue weighted by atomic mass is 9.77. The fourth-order valence-electron chi connectivity index (χ4n) is 3.93. The predicted molar refractivity (Wildman–Crippen MR) is 72.2 cm³/mol. The number of nitrogens with zero attached hydrogens (tertiary/aromatic N) is 1. The highest BCUT2D eigenvalue weighted by Crippen LogP contribution is 2.51. The second-order valence-electron chi connectivity index (χ2n) is 6.19. The molecule has 1 N–H and O–H groups in total. The third-order valence-corrected chi connectivity index (χ3v) is 5.19. The van der Waals surface area contributed by atoms with Crippen LogP contribution in [0.15, 0.2) is 12.2 Å². The second-order valence-corrected chi connectivity index (χ2v) is 6.19. The van der Waals surface area contributed by atoms with E-state index in [9.17, 15) is 14.7 Å². The summed E-state index contributed by atoms with van der Waals surface area (Å²) < 4.78 is 5.82. The first-order valence-electron chi connectivity index (χ1n) is 7.72. The van der Waals surface area contributed by atoms with Crippen molar-refractivity contribution in [1.29, 1.82) is 0 Å². The van der Waals surface area contributed by atoms with Gasteiger partial charge in [-0.1, -0.05) is 12.2 Å². The molecule has 3 rings (SSSR count). The molecule has 0 aromatic heterocycles. The van der Waals surface area contributed by atoms with Gasteiger partial charge in [0, 0.05) is 11.9 Å². The van der Waals surface area contributed by atoms with Gasteiger partial charge >= 0.3 is 0 Å². The quantitative estimate of drug-likeness (QED) is 0.547. The molecular formula is C15H22N2O4. The molecule has 0 aromatic carbocycles. The van der Waals surface area contributed by atoms with Crippen molar-refractivity contribution in [2.75, 3.05) is 32.7 Å². The molecule has 2 saturated heterocycles. The Bertz CT molecular complexity index is 488. The molecule has 4 atom stereocenters. The van der Waals surface area contributed by atoms with E-state index < -0.39 is 29.5 Å². The predicted octanol–water partition coefficient (Wildman–Crippen LogP) is -2.56. The van der Waals surface area contributed by atoms with Gasteiger partial charge in [0.05, 0.1) is 44.7 Å². The van der Waals surface area contributed by atoms with Crippen molar-refractivity contribution in [3.05, 3.63) is 12.2 Å². The van der Waals surface area contributed by atoms with E-state index in [0.717, 1.165) is 19.6 Å². The van der Waals surface area contributed by atoms with Gasteiger partial charge in [-0.05, 0) is 13.8 Å². The van der Waals surface area contributed by atoms with E-state index in [1.807, 2.05) is 6.08 Å². The lowest BCUT2D eigenvalue weighted by Crippen LogP contribution is -3.12. The zero-order valence-corrected chi connectivity index (χ0v) is 12.5. The Morgan fingerprint density at radius 3 is 2.86 bits per heavy atom. The van der Waals surface area contributed by atoms with Crippen LogP contribution in [-0.2, 0) is 14.3 Å². The fraction of sp³-hybridized carbons (Fsp3) is 0.733. The van der Waals surface area contributed by atoms with Crippen LogP contribution in [0.3, 0.4) is 0 Å². The normalized spacial score (nSPS) is 36.8. The summed E-state index contributed by atoms with van der Waals surface area (Å²) in [7, 11) is 0. The molecular weight excluding hydrogens is 272 g/mol. The molecule has 1 spiro atoms. The lowest BCUT2D eigenvalue weighted by molar-refractivity contribution is -0.895. The van der Waals surface area contributed by atoms with Crippen molar-refractivity contribution in [1.82, 2.24) is 4.90 Å². The Morgan fingerprint density at radius 1 is 1.52 bits per heavy atom. The third kappa shape index (κ3) is 2.08. The van der Waals surface area contributed by atoms with Gasteiger partial charge in [-0.15, -0.1) is 0 Å². The van der Waals surface area contributed by atoms with Crippen LogP contribution in [0.5, 0.6) is 0 Å². The maximum atomic E-state index is 12.6. The summed E-state index contributed by atoms with van der Waals surface area (Å²) in [5, 5.41) is 11.3. The standard InChI is InChI=1S/C15H22N2O4/c1-3-16(4-2)7-8-17-9-15-6-5-10(21-15)11(14(19)20)12(15)13(17)18/h5-6,10-12H,3-4,7-9H2,1-2H3,(H,19,20)/t10-,11+,12-,15-/m1/s1. The zero-order chi connectivity index (χ0) is 15.2. The number of nitrogens with one attached hydrogen (secondary N) is 1. The van der Waals surface area contributed by atoms with Crippen LogP contribution < -0.4 is 10.0 Å². The van der Waals surface area contributed by atoms with Gasteiger partial charge in [-0.3, -0.25) is 4.79 Å². The topological polar surface area (TPSA) is 74.1 Å². The van der Waals surface area contributed by atoms with Crippen LogP contribution in [0.1, 0.15) is 13.8 Å². The number of hydrogen-bond acceptors (Lipinski definition) is 4. The summed E-state index contributed by atoms with van der Waals surface area (Å²) in [6.07, 6.45) is 3.15. The van der Waals surface area contributed by atoms with Crippen molar-refractivity contribution in [2.24, 2.45) is 11.8 Å². The molecule has 2 bridgehead atoms. The summed E-state index contributed by atoms with van der Waals surface area (Å²) >= 11 is 0. The van der Waals surface area contributed by atoms with E-state index in [0.29, 0.717) is 13.1 Å². The van der Waals surface area contributed by atoms with E-state index in [1.165, 1.54) is 4.90 Å². The molecule has 0 aromatic rings. The smallest absolute Gasteiger partial charge is 0.230 e. The number of ether oxygens (including phenoxy) is 1. The lowest BCUT2D eigenvalue weighted by Gasteiger charge is -2.24. The number of amides is 1. The number of carboxylic acids is 1. The first-order valence-corrected chi connectivity index (χ1v) is 7.72. The molecule has 6 nitrogen and oxygen atoms in total. The van der Waals surface area contributed by atoms with Crippen LogP contribution in [-0.4, -0.2) is 61.2 Å². The third-order valence-electron chi connectivity index (χ3n) is 5.19. The largest absolute Gasteiger partial charge is 0.550 e. The van der Waals surface area contributed by atoms with Gasteiger partial charge in [-0.2, -0.15) is 0 Å². The molecule has 116 valence electrons. The summed E-state index contributed by atoms with van der Waals surface area (Å²) in [5.41, 5.74) is -0.731. The molecule has 0 unspecified atom stereocenters. The first-order chi connectivity index (χ1) is 10.0. The van der Waals surface area contributed by atoms with Crippen LogP contribution in [0, 0.1) is 11.8 Å². The van der Waals surface area contributed by atoms with E-state index in [1.54, 1.807) is 11.0 Å². The Morgan fingerprint density at radius 2 is 2.24 bits per heavy atom. The Balaban J connectivity index is 1.74. The molecule has 0 saturated carbocycles. The summed E-state index contributed by atoms with van der Waals surface area (Å²) in [5.74, 6) is -2.72. The Hall–Kier alpha value is -1.40. The van der Waals surface area contributed by atoms with Gasteiger partial charge in [0.1, 0.15) is 5.60 Å². The number of aliphatic carboxylic acids is 1. The average Bonchev–Trinajstić information content (AvgIpc) is 3.08. The SMILES string of the molecule is CC[NH+](CC)CCN1C[C@@]23C=C[C@@H](O2)[C@H](C(=O)[O-])[C@@H]3C1=O. The monoisotopic (exact) mass is 294 g/mol. The number of fused-ring (bicyclic) bond motifs is 1. The number of carboxylic acid groups (broad SMARTS) is 1. The molecule has 3 aliphatic rings.